The standard InChI is InChI=1S/C23H28N4O6/c1-14-10-20(26-33-14)25-22(30)24-18-5-4-17-13-27(9-8-16(17)12-18)23(31)32-19-6-2-15(3-7-19)11-21(28)29/h4-5,10,12,15,19H,2-3,6-9,11,13H2,1H3,(H,28,29)(H2,24,25,26,30). The number of fused-ring (bicyclic) bond motifs is 1. The Bertz CT molecular complexity index is 1030. The number of nitrogens with zero attached hydrogens (tertiary/aromatic N) is 2. The average molecular weight is 456 g/mol. The first-order valence-electron chi connectivity index (χ1n) is 11.2. The second kappa shape index (κ2) is 9.93. The molecule has 0 atom stereocenters. The topological polar surface area (TPSA) is 134 Å². The molecular weight excluding hydrogens is 428 g/mol. The van der Waals surface area contributed by atoms with Crippen molar-refractivity contribution in [2.24, 2.45) is 5.92 Å². The Balaban J connectivity index is 1.27. The third kappa shape index (κ3) is 6.03. The van der Waals surface area contributed by atoms with Crippen LogP contribution in [0.2, 0.25) is 0 Å². The monoisotopic (exact) mass is 456 g/mol. The highest BCUT2D eigenvalue weighted by Crippen LogP contribution is 2.30. The summed E-state index contributed by atoms with van der Waals surface area (Å²) < 4.78 is 10.6. The number of carbonyl (C=O) groups is 3. The van der Waals surface area contributed by atoms with Crippen molar-refractivity contribution in [3.63, 3.8) is 0 Å². The van der Waals surface area contributed by atoms with Crippen LogP contribution in [0.1, 0.15) is 49.0 Å². The summed E-state index contributed by atoms with van der Waals surface area (Å²) in [6.07, 6.45) is 3.32. The van der Waals surface area contributed by atoms with Gasteiger partial charge in [0, 0.05) is 31.3 Å². The highest BCUT2D eigenvalue weighted by atomic mass is 16.6. The summed E-state index contributed by atoms with van der Waals surface area (Å²) >= 11 is 0. The molecule has 3 amide bonds. The zero-order valence-electron chi connectivity index (χ0n) is 18.5. The van der Waals surface area contributed by atoms with Gasteiger partial charge in [0.2, 0.25) is 0 Å². The summed E-state index contributed by atoms with van der Waals surface area (Å²) in [5.41, 5.74) is 2.74. The molecule has 1 aliphatic carbocycles. The van der Waals surface area contributed by atoms with Crippen LogP contribution in [0, 0.1) is 12.8 Å². The van der Waals surface area contributed by atoms with Gasteiger partial charge in [-0.1, -0.05) is 11.2 Å². The molecule has 10 nitrogen and oxygen atoms in total. The second-order valence-corrected chi connectivity index (χ2v) is 8.68. The van der Waals surface area contributed by atoms with Crippen LogP contribution in [0.5, 0.6) is 0 Å². The molecule has 0 spiro atoms. The lowest BCUT2D eigenvalue weighted by Crippen LogP contribution is -2.39. The molecule has 1 saturated carbocycles. The first-order valence-corrected chi connectivity index (χ1v) is 11.2. The number of rotatable bonds is 5. The first kappa shape index (κ1) is 22.6. The fourth-order valence-electron chi connectivity index (χ4n) is 4.41. The molecule has 0 radical (unpaired) electrons. The molecule has 1 aromatic heterocycles. The largest absolute Gasteiger partial charge is 0.481 e. The van der Waals surface area contributed by atoms with E-state index in [4.69, 9.17) is 14.4 Å². The van der Waals surface area contributed by atoms with Crippen LogP contribution >= 0.6 is 0 Å². The van der Waals surface area contributed by atoms with Gasteiger partial charge in [-0.15, -0.1) is 0 Å². The fraction of sp³-hybridized carbons (Fsp3) is 0.478. The van der Waals surface area contributed by atoms with E-state index in [2.05, 4.69) is 15.8 Å². The molecule has 0 saturated heterocycles. The number of carboxylic acid groups (broad SMARTS) is 1. The van der Waals surface area contributed by atoms with Crippen LogP contribution in [0.4, 0.5) is 21.1 Å². The molecule has 176 valence electrons. The molecule has 2 aromatic rings. The number of hydrogen-bond donors (Lipinski definition) is 3. The maximum Gasteiger partial charge on any atom is 0.410 e. The average Bonchev–Trinajstić information content (AvgIpc) is 3.18. The lowest BCUT2D eigenvalue weighted by molar-refractivity contribution is -0.138. The van der Waals surface area contributed by atoms with Gasteiger partial charge in [-0.3, -0.25) is 10.1 Å². The van der Waals surface area contributed by atoms with Crippen molar-refractivity contribution >= 4 is 29.6 Å². The number of nitrogens with one attached hydrogen (secondary N) is 2. The predicted octanol–water partition coefficient (Wildman–Crippen LogP) is 4.16. The number of aliphatic carboxylic acids is 1. The van der Waals surface area contributed by atoms with E-state index >= 15 is 0 Å². The van der Waals surface area contributed by atoms with Gasteiger partial charge in [0.1, 0.15) is 11.9 Å². The Morgan fingerprint density at radius 2 is 1.94 bits per heavy atom. The lowest BCUT2D eigenvalue weighted by atomic mass is 9.85. The second-order valence-electron chi connectivity index (χ2n) is 8.68. The van der Waals surface area contributed by atoms with Gasteiger partial charge < -0.3 is 24.6 Å². The molecule has 3 N–H and O–H groups in total. The van der Waals surface area contributed by atoms with E-state index < -0.39 is 12.0 Å². The van der Waals surface area contributed by atoms with Crippen molar-refractivity contribution in [2.45, 2.75) is 58.1 Å². The number of amides is 3. The number of carbonyl (C=O) groups excluding carboxylic acids is 2. The number of anilines is 2. The van der Waals surface area contributed by atoms with E-state index in [1.165, 1.54) is 0 Å². The predicted molar refractivity (Wildman–Crippen MR) is 119 cm³/mol. The lowest BCUT2D eigenvalue weighted by Gasteiger charge is -2.32. The van der Waals surface area contributed by atoms with Gasteiger partial charge in [0.05, 0.1) is 0 Å². The normalized spacial score (nSPS) is 20.0. The summed E-state index contributed by atoms with van der Waals surface area (Å²) in [5, 5.41) is 18.0. The summed E-state index contributed by atoms with van der Waals surface area (Å²) in [6, 6.07) is 6.83. The van der Waals surface area contributed by atoms with E-state index in [1.807, 2.05) is 12.1 Å². The summed E-state index contributed by atoms with van der Waals surface area (Å²) in [6.45, 7) is 2.73. The van der Waals surface area contributed by atoms with E-state index in [-0.39, 0.29) is 24.5 Å². The Kier molecular flexibility index (Phi) is 6.81. The Labute approximate surface area is 191 Å². The van der Waals surface area contributed by atoms with Gasteiger partial charge in [-0.25, -0.2) is 9.59 Å². The molecule has 1 aromatic carbocycles. The first-order chi connectivity index (χ1) is 15.9. The zero-order chi connectivity index (χ0) is 23.4. The highest BCUT2D eigenvalue weighted by molar-refractivity contribution is 5.99. The number of hydrogen-bond acceptors (Lipinski definition) is 6. The third-order valence-electron chi connectivity index (χ3n) is 6.13. The summed E-state index contributed by atoms with van der Waals surface area (Å²) in [7, 11) is 0. The minimum absolute atomic E-state index is 0.150. The molecule has 0 unspecified atom stereocenters. The number of aryl methyl sites for hydroxylation is 1. The zero-order valence-corrected chi connectivity index (χ0v) is 18.5. The van der Waals surface area contributed by atoms with Crippen molar-refractivity contribution in [3.8, 4) is 0 Å². The van der Waals surface area contributed by atoms with Gasteiger partial charge in [0.25, 0.3) is 0 Å². The van der Waals surface area contributed by atoms with Crippen molar-refractivity contribution < 1.29 is 28.8 Å². The van der Waals surface area contributed by atoms with Crippen LogP contribution in [-0.4, -0.2) is 45.9 Å². The molecule has 2 aliphatic rings. The number of aromatic nitrogens is 1. The van der Waals surface area contributed by atoms with Crippen LogP contribution in [0.3, 0.4) is 0 Å². The van der Waals surface area contributed by atoms with Gasteiger partial charge in [0.15, 0.2) is 5.82 Å². The van der Waals surface area contributed by atoms with Crippen molar-refractivity contribution in [2.75, 3.05) is 17.2 Å². The van der Waals surface area contributed by atoms with Crippen LogP contribution < -0.4 is 10.6 Å². The molecule has 1 aliphatic heterocycles. The van der Waals surface area contributed by atoms with Gasteiger partial charge >= 0.3 is 18.1 Å². The number of benzene rings is 1. The number of ether oxygens (including phenoxy) is 1. The fourth-order valence-corrected chi connectivity index (χ4v) is 4.41. The van der Waals surface area contributed by atoms with Crippen molar-refractivity contribution in [1.82, 2.24) is 10.1 Å². The molecule has 2 heterocycles. The van der Waals surface area contributed by atoms with E-state index in [9.17, 15) is 14.4 Å². The third-order valence-corrected chi connectivity index (χ3v) is 6.13. The van der Waals surface area contributed by atoms with Crippen molar-refractivity contribution in [1.29, 1.82) is 0 Å². The molecule has 10 heteroatoms. The molecule has 0 bridgehead atoms. The maximum absolute atomic E-state index is 12.7. The Hall–Kier alpha value is -3.56. The molecule has 1 fully saturated rings. The summed E-state index contributed by atoms with van der Waals surface area (Å²) in [5.74, 6) is 0.344. The Morgan fingerprint density at radius 1 is 1.15 bits per heavy atom. The van der Waals surface area contributed by atoms with E-state index in [0.29, 0.717) is 49.6 Å². The number of carboxylic acids is 1. The maximum atomic E-state index is 12.7. The highest BCUT2D eigenvalue weighted by Gasteiger charge is 2.28. The van der Waals surface area contributed by atoms with E-state index in [1.54, 1.807) is 24.0 Å². The number of urea groups is 1. The van der Waals surface area contributed by atoms with E-state index in [0.717, 1.165) is 24.0 Å². The van der Waals surface area contributed by atoms with Crippen molar-refractivity contribution in [3.05, 3.63) is 41.2 Å². The Morgan fingerprint density at radius 3 is 2.64 bits per heavy atom. The van der Waals surface area contributed by atoms with Crippen LogP contribution in [0.25, 0.3) is 0 Å². The minimum atomic E-state index is -0.772. The molecular formula is C23H28N4O6. The van der Waals surface area contributed by atoms with Gasteiger partial charge in [-0.05, 0) is 68.2 Å². The minimum Gasteiger partial charge on any atom is -0.481 e. The SMILES string of the molecule is Cc1cc(NC(=O)Nc2ccc3c(c2)CCN(C(=O)OC2CCC(CC(=O)O)CC2)C3)no1. The smallest absolute Gasteiger partial charge is 0.410 e. The summed E-state index contributed by atoms with van der Waals surface area (Å²) in [4.78, 5) is 37.4. The van der Waals surface area contributed by atoms with Gasteiger partial charge in [-0.2, -0.15) is 0 Å². The molecule has 33 heavy (non-hydrogen) atoms. The van der Waals surface area contributed by atoms with Crippen LogP contribution in [-0.2, 0) is 22.5 Å². The van der Waals surface area contributed by atoms with Crippen LogP contribution in [0.15, 0.2) is 28.8 Å². The molecule has 4 rings (SSSR count). The quantitative estimate of drug-likeness (QED) is 0.615.